The van der Waals surface area contributed by atoms with Gasteiger partial charge in [-0.25, -0.2) is 0 Å². The Morgan fingerprint density at radius 3 is 2.64 bits per heavy atom. The van der Waals surface area contributed by atoms with E-state index in [2.05, 4.69) is 39.3 Å². The summed E-state index contributed by atoms with van der Waals surface area (Å²) < 4.78 is 7.59. The molecular formula is C31H31Cl2IN4O4. The van der Waals surface area contributed by atoms with E-state index in [1.165, 1.54) is 0 Å². The Bertz CT molecular complexity index is 1510. The van der Waals surface area contributed by atoms with Crippen molar-refractivity contribution in [3.05, 3.63) is 79.4 Å². The van der Waals surface area contributed by atoms with Crippen molar-refractivity contribution in [2.45, 2.75) is 43.2 Å². The minimum atomic E-state index is -1.13. The highest BCUT2D eigenvalue weighted by Gasteiger charge is 2.62. The molecule has 0 aromatic heterocycles. The number of carbonyl (C=O) groups is 3. The third kappa shape index (κ3) is 5.44. The van der Waals surface area contributed by atoms with Gasteiger partial charge in [0, 0.05) is 44.4 Å². The highest BCUT2D eigenvalue weighted by atomic mass is 127. The lowest BCUT2D eigenvalue weighted by Gasteiger charge is -2.49. The summed E-state index contributed by atoms with van der Waals surface area (Å²) in [6.07, 6.45) is 7.89. The summed E-state index contributed by atoms with van der Waals surface area (Å²) in [6.45, 7) is 1.61. The van der Waals surface area contributed by atoms with E-state index in [1.807, 2.05) is 41.3 Å². The maximum absolute atomic E-state index is 14.4. The van der Waals surface area contributed by atoms with Gasteiger partial charge in [-0.2, -0.15) is 0 Å². The highest BCUT2D eigenvalue weighted by molar-refractivity contribution is 14.1. The first-order chi connectivity index (χ1) is 20.1. The van der Waals surface area contributed by atoms with Crippen LogP contribution in [0.1, 0.15) is 42.9 Å². The zero-order chi connectivity index (χ0) is 29.6. The fourth-order valence-corrected chi connectivity index (χ4v) is 8.02. The van der Waals surface area contributed by atoms with Crippen molar-refractivity contribution in [3.8, 4) is 5.75 Å². The van der Waals surface area contributed by atoms with Crippen LogP contribution < -0.4 is 21.1 Å². The van der Waals surface area contributed by atoms with Gasteiger partial charge < -0.3 is 21.1 Å². The fourth-order valence-electron chi connectivity index (χ4n) is 7.08. The molecule has 220 valence electrons. The maximum Gasteiger partial charge on any atom is 0.237 e. The number of nitrogens with zero attached hydrogens (tertiary/aromatic N) is 1. The number of fused-ring (bicyclic) bond motifs is 2. The average Bonchev–Trinajstić information content (AvgIpc) is 3.22. The molecule has 4 N–H and O–H groups in total. The van der Waals surface area contributed by atoms with E-state index in [9.17, 15) is 14.4 Å². The van der Waals surface area contributed by atoms with Crippen LogP contribution in [0.4, 0.5) is 5.69 Å². The molecule has 2 saturated heterocycles. The van der Waals surface area contributed by atoms with Crippen LogP contribution in [0.2, 0.25) is 5.02 Å². The zero-order valence-corrected chi connectivity index (χ0v) is 26.4. The Kier molecular flexibility index (Phi) is 8.30. The minimum Gasteiger partial charge on any atom is -0.490 e. The largest absolute Gasteiger partial charge is 0.490 e. The Morgan fingerprint density at radius 1 is 1.12 bits per heavy atom. The van der Waals surface area contributed by atoms with Crippen molar-refractivity contribution >= 4 is 69.2 Å². The quantitative estimate of drug-likeness (QED) is 0.362. The molecule has 8 nitrogen and oxygen atoms in total. The number of carbonyl (C=O) groups excluding carboxylic acids is 3. The molecule has 2 unspecified atom stereocenters. The number of likely N-dealkylation sites (tertiary alicyclic amines) is 1. The van der Waals surface area contributed by atoms with Crippen LogP contribution in [0, 0.1) is 15.4 Å². The van der Waals surface area contributed by atoms with E-state index < -0.39 is 11.5 Å². The molecule has 0 saturated carbocycles. The Labute approximate surface area is 268 Å². The lowest BCUT2D eigenvalue weighted by molar-refractivity contribution is -0.135. The summed E-state index contributed by atoms with van der Waals surface area (Å²) >= 11 is 15.1. The van der Waals surface area contributed by atoms with Crippen molar-refractivity contribution in [2.75, 3.05) is 25.0 Å². The minimum absolute atomic E-state index is 0.0901. The van der Waals surface area contributed by atoms with Gasteiger partial charge in [-0.15, -0.1) is 0 Å². The third-order valence-electron chi connectivity index (χ3n) is 8.88. The number of rotatable bonds is 6. The number of nitrogens with two attached hydrogens (primary N) is 1. The van der Waals surface area contributed by atoms with E-state index in [1.54, 1.807) is 12.1 Å². The molecule has 4 aliphatic rings. The number of hydrogen-bond acceptors (Lipinski definition) is 5. The standard InChI is InChI=1S/C31H31Cl2IN4O4/c32-18-3-1-2-17(12-18)24-15-28(40)37-29(31(24)23-6-4-19(33)13-25(23)36-30(31)41)22-14-20(34)5-7-26(22)42-21-8-10-38(11-9-21)16-27(35)39/h1-7,13-14,17,21,24,29H,8-12,15-16H2,(H2,35,39)(H,36,41)(H,37,40)/t17?,24-,29?,31-/m0/s1. The number of hydrogen-bond donors (Lipinski definition) is 3. The Hall–Kier alpha value is -2.60. The second-order valence-electron chi connectivity index (χ2n) is 11.4. The Morgan fingerprint density at radius 2 is 1.90 bits per heavy atom. The molecule has 2 fully saturated rings. The second kappa shape index (κ2) is 11.8. The summed E-state index contributed by atoms with van der Waals surface area (Å²) in [5.41, 5.74) is 6.46. The molecule has 2 aromatic rings. The van der Waals surface area contributed by atoms with Crippen LogP contribution in [0.5, 0.6) is 5.75 Å². The van der Waals surface area contributed by atoms with E-state index in [0.717, 1.165) is 27.5 Å². The van der Waals surface area contributed by atoms with Gasteiger partial charge in [-0.1, -0.05) is 41.4 Å². The molecule has 1 spiro atoms. The van der Waals surface area contributed by atoms with Crippen LogP contribution >= 0.6 is 45.8 Å². The van der Waals surface area contributed by atoms with Crippen LogP contribution in [-0.4, -0.2) is 48.4 Å². The van der Waals surface area contributed by atoms with Crippen LogP contribution in [0.25, 0.3) is 0 Å². The first-order valence-corrected chi connectivity index (χ1v) is 15.9. The second-order valence-corrected chi connectivity index (χ2v) is 13.6. The molecule has 0 bridgehead atoms. The smallest absolute Gasteiger partial charge is 0.237 e. The van der Waals surface area contributed by atoms with Crippen LogP contribution in [0.15, 0.2) is 59.7 Å². The summed E-state index contributed by atoms with van der Waals surface area (Å²) in [6, 6.07) is 10.6. The number of piperidine rings is 2. The molecule has 2 aromatic carbocycles. The molecule has 4 atom stereocenters. The van der Waals surface area contributed by atoms with Gasteiger partial charge in [-0.3, -0.25) is 19.3 Å². The van der Waals surface area contributed by atoms with Crippen LogP contribution in [-0.2, 0) is 19.8 Å². The number of amides is 3. The third-order valence-corrected chi connectivity index (χ3v) is 10.1. The molecule has 42 heavy (non-hydrogen) atoms. The van der Waals surface area contributed by atoms with Gasteiger partial charge >= 0.3 is 0 Å². The number of anilines is 1. The van der Waals surface area contributed by atoms with Crippen molar-refractivity contribution in [3.63, 3.8) is 0 Å². The Balaban J connectivity index is 1.44. The summed E-state index contributed by atoms with van der Waals surface area (Å²) in [7, 11) is 0. The topological polar surface area (TPSA) is 114 Å². The molecule has 1 aliphatic carbocycles. The maximum atomic E-state index is 14.4. The van der Waals surface area contributed by atoms with Crippen molar-refractivity contribution < 1.29 is 19.1 Å². The molecule has 6 rings (SSSR count). The number of primary amides is 1. The van der Waals surface area contributed by atoms with Gasteiger partial charge in [-0.05, 0) is 95.7 Å². The van der Waals surface area contributed by atoms with Gasteiger partial charge in [0.1, 0.15) is 17.3 Å². The molecule has 11 heteroatoms. The van der Waals surface area contributed by atoms with Gasteiger partial charge in [0.15, 0.2) is 0 Å². The fraction of sp³-hybridized carbons (Fsp3) is 0.387. The lowest BCUT2D eigenvalue weighted by atomic mass is 9.57. The van der Waals surface area contributed by atoms with Gasteiger partial charge in [0.25, 0.3) is 0 Å². The van der Waals surface area contributed by atoms with E-state index in [4.69, 9.17) is 33.7 Å². The number of benzene rings is 2. The van der Waals surface area contributed by atoms with Crippen molar-refractivity contribution in [1.82, 2.24) is 10.2 Å². The van der Waals surface area contributed by atoms with E-state index in [-0.39, 0.29) is 48.6 Å². The predicted octanol–water partition coefficient (Wildman–Crippen LogP) is 5.04. The van der Waals surface area contributed by atoms with Gasteiger partial charge in [0.2, 0.25) is 17.7 Å². The van der Waals surface area contributed by atoms with E-state index >= 15 is 0 Å². The monoisotopic (exact) mass is 720 g/mol. The number of allylic oxidation sites excluding steroid dienone is 4. The number of ether oxygens (including phenoxy) is 1. The molecule has 0 radical (unpaired) electrons. The highest BCUT2D eigenvalue weighted by Crippen LogP contribution is 2.58. The molecule has 3 heterocycles. The molecule has 3 aliphatic heterocycles. The first-order valence-electron chi connectivity index (χ1n) is 14.1. The molecule has 3 amide bonds. The summed E-state index contributed by atoms with van der Waals surface area (Å²) in [4.78, 5) is 41.3. The van der Waals surface area contributed by atoms with Crippen LogP contribution in [0.3, 0.4) is 0 Å². The number of nitrogens with one attached hydrogen (secondary N) is 2. The average molecular weight is 721 g/mol. The summed E-state index contributed by atoms with van der Waals surface area (Å²) in [5, 5.41) is 7.52. The lowest BCUT2D eigenvalue weighted by Crippen LogP contribution is -2.59. The predicted molar refractivity (Wildman–Crippen MR) is 170 cm³/mol. The van der Waals surface area contributed by atoms with Crippen molar-refractivity contribution in [1.29, 1.82) is 0 Å². The summed E-state index contributed by atoms with van der Waals surface area (Å²) in [5.74, 6) is -0.539. The first kappa shape index (κ1) is 29.5. The SMILES string of the molecule is NC(=O)CN1CCC(Oc2ccc(I)cc2C2NC(=O)C[C@@H](C3C=CC=C(Cl)C3)[C@]23C(=O)Nc2cc(Cl)ccc23)CC1. The molecular weight excluding hydrogens is 690 g/mol. The number of halogens is 3. The van der Waals surface area contributed by atoms with Crippen molar-refractivity contribution in [2.24, 2.45) is 17.6 Å². The normalized spacial score (nSPS) is 27.8. The van der Waals surface area contributed by atoms with E-state index in [0.29, 0.717) is 41.0 Å². The van der Waals surface area contributed by atoms with Gasteiger partial charge in [0.05, 0.1) is 12.6 Å². The zero-order valence-electron chi connectivity index (χ0n) is 22.7.